The molecule has 2 aromatic heterocycles. The number of hydrogen-bond donors (Lipinski definition) is 1. The van der Waals surface area contributed by atoms with Crippen LogP contribution in [0.1, 0.15) is 12.1 Å². The van der Waals surface area contributed by atoms with E-state index < -0.39 is 0 Å². The molecule has 2 aromatic rings. The van der Waals surface area contributed by atoms with E-state index in [0.717, 1.165) is 29.3 Å². The van der Waals surface area contributed by atoms with Crippen molar-refractivity contribution in [2.75, 3.05) is 6.61 Å². The van der Waals surface area contributed by atoms with Crippen molar-refractivity contribution < 1.29 is 4.74 Å². The Morgan fingerprint density at radius 3 is 3.05 bits per heavy atom. The molecule has 106 valence electrons. The van der Waals surface area contributed by atoms with Crippen LogP contribution in [0.25, 0.3) is 17.1 Å². The maximum atomic E-state index is 6.31. The lowest BCUT2D eigenvalue weighted by Gasteiger charge is -2.20. The number of ether oxygens (including phenoxy) is 1. The van der Waals surface area contributed by atoms with Gasteiger partial charge >= 0.3 is 0 Å². The van der Waals surface area contributed by atoms with Crippen molar-refractivity contribution in [1.29, 1.82) is 0 Å². The Bertz CT molecular complexity index is 726. The van der Waals surface area contributed by atoms with Crippen molar-refractivity contribution in [1.82, 2.24) is 30.6 Å². The Kier molecular flexibility index (Phi) is 3.01. The van der Waals surface area contributed by atoms with E-state index in [4.69, 9.17) is 16.3 Å². The predicted octanol–water partition coefficient (Wildman–Crippen LogP) is 1.58. The average Bonchev–Trinajstić information content (AvgIpc) is 3.19. The second-order valence-electron chi connectivity index (χ2n) is 4.92. The topological polar surface area (TPSA) is 89.5 Å². The first-order chi connectivity index (χ1) is 10.3. The van der Waals surface area contributed by atoms with Crippen molar-refractivity contribution in [2.24, 2.45) is 5.92 Å². The minimum Gasteiger partial charge on any atom is -0.372 e. The van der Waals surface area contributed by atoms with Gasteiger partial charge < -0.3 is 4.74 Å². The molecular weight excluding hydrogens is 292 g/mol. The molecule has 3 heterocycles. The first kappa shape index (κ1) is 12.6. The summed E-state index contributed by atoms with van der Waals surface area (Å²) in [5, 5.41) is 14.5. The van der Waals surface area contributed by atoms with Gasteiger partial charge in [0.2, 0.25) is 5.82 Å². The van der Waals surface area contributed by atoms with Gasteiger partial charge in [0.15, 0.2) is 0 Å². The van der Waals surface area contributed by atoms with Crippen LogP contribution in [0, 0.1) is 5.92 Å². The van der Waals surface area contributed by atoms with Crippen LogP contribution < -0.4 is 0 Å². The monoisotopic (exact) mass is 302 g/mol. The van der Waals surface area contributed by atoms with E-state index in [1.807, 2.05) is 12.1 Å². The van der Waals surface area contributed by atoms with Gasteiger partial charge in [0.1, 0.15) is 12.0 Å². The van der Waals surface area contributed by atoms with Crippen molar-refractivity contribution in [3.05, 3.63) is 35.3 Å². The summed E-state index contributed by atoms with van der Waals surface area (Å²) in [6.45, 7) is 0.737. The zero-order valence-electron chi connectivity index (χ0n) is 10.9. The van der Waals surface area contributed by atoms with Gasteiger partial charge in [-0.15, -0.1) is 10.2 Å². The summed E-state index contributed by atoms with van der Waals surface area (Å²) in [6, 6.07) is 1.83. The molecule has 4 rings (SSSR count). The molecule has 0 bridgehead atoms. The van der Waals surface area contributed by atoms with E-state index in [0.29, 0.717) is 17.4 Å². The summed E-state index contributed by atoms with van der Waals surface area (Å²) in [6.07, 6.45) is 6.51. The number of tetrazole rings is 1. The zero-order chi connectivity index (χ0) is 14.2. The molecule has 2 unspecified atom stereocenters. The highest BCUT2D eigenvalue weighted by molar-refractivity contribution is 6.31. The van der Waals surface area contributed by atoms with Gasteiger partial charge in [-0.1, -0.05) is 17.7 Å². The van der Waals surface area contributed by atoms with E-state index in [9.17, 15) is 0 Å². The minimum atomic E-state index is -0.00562. The molecule has 0 saturated carbocycles. The highest BCUT2D eigenvalue weighted by Gasteiger charge is 2.32. The lowest BCUT2D eigenvalue weighted by Crippen LogP contribution is -2.18. The SMILES string of the molecule is ClC1=CC(c2cc(-c3nn[nH]n3)ncn2)=CC2CCOC12. The normalized spacial score (nSPS) is 24.4. The minimum absolute atomic E-state index is 0.00562. The fourth-order valence-electron chi connectivity index (χ4n) is 2.64. The molecule has 7 nitrogen and oxygen atoms in total. The second-order valence-corrected chi connectivity index (χ2v) is 5.36. The van der Waals surface area contributed by atoms with Crippen LogP contribution in [0.4, 0.5) is 0 Å². The smallest absolute Gasteiger partial charge is 0.223 e. The summed E-state index contributed by atoms with van der Waals surface area (Å²) in [4.78, 5) is 8.47. The van der Waals surface area contributed by atoms with Gasteiger partial charge in [-0.2, -0.15) is 5.21 Å². The van der Waals surface area contributed by atoms with E-state index in [2.05, 4.69) is 36.7 Å². The van der Waals surface area contributed by atoms with Crippen LogP contribution in [-0.4, -0.2) is 43.3 Å². The summed E-state index contributed by atoms with van der Waals surface area (Å²) < 4.78 is 5.63. The maximum Gasteiger partial charge on any atom is 0.223 e. The Labute approximate surface area is 125 Å². The van der Waals surface area contributed by atoms with E-state index in [1.165, 1.54) is 6.33 Å². The third-order valence-electron chi connectivity index (χ3n) is 3.63. The molecule has 0 amide bonds. The first-order valence-corrected chi connectivity index (χ1v) is 6.96. The molecule has 1 fully saturated rings. The van der Waals surface area contributed by atoms with E-state index in [-0.39, 0.29) is 6.10 Å². The summed E-state index contributed by atoms with van der Waals surface area (Å²) in [5.74, 6) is 0.744. The van der Waals surface area contributed by atoms with Crippen molar-refractivity contribution in [3.8, 4) is 11.5 Å². The molecular formula is C13H11ClN6O. The molecule has 1 saturated heterocycles. The fourth-order valence-corrected chi connectivity index (χ4v) is 2.98. The fraction of sp³-hybridized carbons (Fsp3) is 0.308. The Balaban J connectivity index is 1.72. The van der Waals surface area contributed by atoms with Crippen LogP contribution in [0.2, 0.25) is 0 Å². The second kappa shape index (κ2) is 5.01. The summed E-state index contributed by atoms with van der Waals surface area (Å²) in [7, 11) is 0. The van der Waals surface area contributed by atoms with Gasteiger partial charge in [0.25, 0.3) is 0 Å². The maximum absolute atomic E-state index is 6.31. The third-order valence-corrected chi connectivity index (χ3v) is 3.96. The molecule has 1 aliphatic heterocycles. The lowest BCUT2D eigenvalue weighted by molar-refractivity contribution is 0.131. The highest BCUT2D eigenvalue weighted by atomic mass is 35.5. The number of rotatable bonds is 2. The molecule has 21 heavy (non-hydrogen) atoms. The number of aromatic nitrogens is 6. The molecule has 2 aliphatic rings. The summed E-state index contributed by atoms with van der Waals surface area (Å²) >= 11 is 6.31. The predicted molar refractivity (Wildman–Crippen MR) is 75.0 cm³/mol. The zero-order valence-corrected chi connectivity index (χ0v) is 11.7. The lowest BCUT2D eigenvalue weighted by atomic mass is 9.91. The quantitative estimate of drug-likeness (QED) is 0.906. The van der Waals surface area contributed by atoms with Crippen molar-refractivity contribution >= 4 is 17.2 Å². The number of nitrogens with zero attached hydrogens (tertiary/aromatic N) is 5. The van der Waals surface area contributed by atoms with Gasteiger partial charge in [0.05, 0.1) is 11.8 Å². The molecule has 0 radical (unpaired) electrons. The van der Waals surface area contributed by atoms with E-state index >= 15 is 0 Å². The Hall–Kier alpha value is -2.12. The molecule has 2 atom stereocenters. The molecule has 1 aliphatic carbocycles. The number of fused-ring (bicyclic) bond motifs is 1. The van der Waals surface area contributed by atoms with Crippen LogP contribution in [-0.2, 0) is 4.74 Å². The Morgan fingerprint density at radius 1 is 1.29 bits per heavy atom. The number of nitrogens with one attached hydrogen (secondary N) is 1. The first-order valence-electron chi connectivity index (χ1n) is 6.58. The van der Waals surface area contributed by atoms with Crippen molar-refractivity contribution in [2.45, 2.75) is 12.5 Å². The van der Waals surface area contributed by atoms with Crippen LogP contribution in [0.15, 0.2) is 29.6 Å². The van der Waals surface area contributed by atoms with Gasteiger partial charge in [0, 0.05) is 17.6 Å². The number of halogens is 1. The van der Waals surface area contributed by atoms with Gasteiger partial charge in [-0.25, -0.2) is 9.97 Å². The molecule has 8 heteroatoms. The van der Waals surface area contributed by atoms with Gasteiger partial charge in [-0.05, 0) is 29.3 Å². The summed E-state index contributed by atoms with van der Waals surface area (Å²) in [5.41, 5.74) is 2.37. The highest BCUT2D eigenvalue weighted by Crippen LogP contribution is 2.37. The molecule has 1 N–H and O–H groups in total. The number of aromatic amines is 1. The Morgan fingerprint density at radius 2 is 2.19 bits per heavy atom. The largest absolute Gasteiger partial charge is 0.372 e. The van der Waals surface area contributed by atoms with Gasteiger partial charge in [-0.3, -0.25) is 0 Å². The third kappa shape index (κ3) is 2.24. The van der Waals surface area contributed by atoms with Crippen LogP contribution in [0.3, 0.4) is 0 Å². The van der Waals surface area contributed by atoms with Crippen molar-refractivity contribution in [3.63, 3.8) is 0 Å². The molecule has 0 spiro atoms. The number of allylic oxidation sites excluding steroid dienone is 2. The number of H-pyrrole nitrogens is 1. The van der Waals surface area contributed by atoms with Crippen LogP contribution in [0.5, 0.6) is 0 Å². The number of hydrogen-bond acceptors (Lipinski definition) is 6. The average molecular weight is 303 g/mol. The standard InChI is InChI=1S/C13H11ClN6O/c14-9-4-8(3-7-1-2-21-12(7)9)10-5-11(16-6-15-10)13-17-19-20-18-13/h3-7,12H,1-2H2,(H,17,18,19,20). The van der Waals surface area contributed by atoms with E-state index in [1.54, 1.807) is 0 Å². The van der Waals surface area contributed by atoms with Crippen LogP contribution >= 0.6 is 11.6 Å². The molecule has 0 aromatic carbocycles.